The molecule has 2 rings (SSSR count). The van der Waals surface area contributed by atoms with Crippen molar-refractivity contribution in [1.29, 1.82) is 0 Å². The fraction of sp³-hybridized carbons (Fsp3) is 0.357. The molecule has 96 valence electrons. The van der Waals surface area contributed by atoms with Crippen LogP contribution < -0.4 is 5.73 Å². The summed E-state index contributed by atoms with van der Waals surface area (Å²) < 4.78 is 7.24. The molecule has 0 aliphatic carbocycles. The first-order valence-electron chi connectivity index (χ1n) is 5.90. The lowest BCUT2D eigenvalue weighted by molar-refractivity contribution is 0.0197. The van der Waals surface area contributed by atoms with E-state index in [1.54, 1.807) is 18.0 Å². The molecule has 0 atom stereocenters. The first-order chi connectivity index (χ1) is 8.47. The fourth-order valence-electron chi connectivity index (χ4n) is 2.01. The summed E-state index contributed by atoms with van der Waals surface area (Å²) in [6.07, 6.45) is 1.79. The van der Waals surface area contributed by atoms with Gasteiger partial charge in [-0.3, -0.25) is 4.68 Å². The number of nitrogens with two attached hydrogens (primary N) is 1. The maximum atomic E-state index is 6.05. The second kappa shape index (κ2) is 4.46. The molecule has 0 saturated carbocycles. The highest BCUT2D eigenvalue weighted by atomic mass is 16.5. The van der Waals surface area contributed by atoms with Crippen molar-refractivity contribution in [3.05, 3.63) is 36.0 Å². The number of nitrogen functional groups attached to an aromatic ring is 1. The van der Waals surface area contributed by atoms with Crippen LogP contribution >= 0.6 is 0 Å². The van der Waals surface area contributed by atoms with E-state index in [4.69, 9.17) is 10.5 Å². The predicted molar refractivity (Wildman–Crippen MR) is 73.1 cm³/mol. The smallest absolute Gasteiger partial charge is 0.129 e. The Morgan fingerprint density at radius 3 is 2.44 bits per heavy atom. The molecule has 2 aromatic rings. The average Bonchev–Trinajstić information content (AvgIpc) is 2.70. The van der Waals surface area contributed by atoms with Gasteiger partial charge < -0.3 is 10.5 Å². The van der Waals surface area contributed by atoms with Crippen LogP contribution in [0.4, 0.5) is 5.82 Å². The number of hydrogen-bond acceptors (Lipinski definition) is 3. The molecule has 2 N–H and O–H groups in total. The SMILES string of the molecule is COC(C)(C)c1ccccc1-c1cnn(C)c1N. The Kier molecular flexibility index (Phi) is 3.13. The van der Waals surface area contributed by atoms with Crippen LogP contribution in [-0.2, 0) is 17.4 Å². The van der Waals surface area contributed by atoms with Gasteiger partial charge in [-0.05, 0) is 25.0 Å². The summed E-state index contributed by atoms with van der Waals surface area (Å²) in [5, 5.41) is 4.19. The van der Waals surface area contributed by atoms with Crippen LogP contribution in [0.25, 0.3) is 11.1 Å². The molecule has 0 bridgehead atoms. The van der Waals surface area contributed by atoms with Crippen molar-refractivity contribution < 1.29 is 4.74 Å². The number of ether oxygens (including phenoxy) is 1. The Balaban J connectivity index is 2.62. The topological polar surface area (TPSA) is 53.1 Å². The lowest BCUT2D eigenvalue weighted by atomic mass is 9.90. The van der Waals surface area contributed by atoms with Crippen LogP contribution in [0.15, 0.2) is 30.5 Å². The highest BCUT2D eigenvalue weighted by Crippen LogP contribution is 2.35. The summed E-state index contributed by atoms with van der Waals surface area (Å²) in [6, 6.07) is 8.11. The normalized spacial score (nSPS) is 11.8. The molecule has 0 aliphatic rings. The molecule has 0 saturated heterocycles. The van der Waals surface area contributed by atoms with Crippen molar-refractivity contribution in [2.24, 2.45) is 7.05 Å². The van der Waals surface area contributed by atoms with Gasteiger partial charge in [-0.1, -0.05) is 24.3 Å². The van der Waals surface area contributed by atoms with E-state index in [0.29, 0.717) is 5.82 Å². The maximum Gasteiger partial charge on any atom is 0.129 e. The Morgan fingerprint density at radius 1 is 1.22 bits per heavy atom. The van der Waals surface area contributed by atoms with Gasteiger partial charge in [0, 0.05) is 19.7 Å². The van der Waals surface area contributed by atoms with E-state index in [2.05, 4.69) is 11.2 Å². The van der Waals surface area contributed by atoms with E-state index in [1.807, 2.05) is 39.1 Å². The molecule has 0 amide bonds. The number of rotatable bonds is 3. The van der Waals surface area contributed by atoms with Gasteiger partial charge in [0.05, 0.1) is 11.8 Å². The third kappa shape index (κ3) is 1.99. The zero-order chi connectivity index (χ0) is 13.3. The van der Waals surface area contributed by atoms with Gasteiger partial charge in [-0.2, -0.15) is 5.10 Å². The van der Waals surface area contributed by atoms with Gasteiger partial charge in [0.25, 0.3) is 0 Å². The zero-order valence-corrected chi connectivity index (χ0v) is 11.3. The summed E-state index contributed by atoms with van der Waals surface area (Å²) in [5.41, 5.74) is 8.80. The van der Waals surface area contributed by atoms with Crippen molar-refractivity contribution >= 4 is 5.82 Å². The maximum absolute atomic E-state index is 6.05. The minimum absolute atomic E-state index is 0.362. The molecule has 1 aromatic heterocycles. The molecule has 0 radical (unpaired) electrons. The summed E-state index contributed by atoms with van der Waals surface area (Å²) in [4.78, 5) is 0. The molecule has 0 aliphatic heterocycles. The van der Waals surface area contributed by atoms with Crippen LogP contribution in [0.3, 0.4) is 0 Å². The molecule has 1 heterocycles. The number of benzene rings is 1. The number of aromatic nitrogens is 2. The third-order valence-electron chi connectivity index (χ3n) is 3.36. The summed E-state index contributed by atoms with van der Waals surface area (Å²) in [5.74, 6) is 0.661. The quantitative estimate of drug-likeness (QED) is 0.904. The Hall–Kier alpha value is -1.81. The van der Waals surface area contributed by atoms with Crippen molar-refractivity contribution in [1.82, 2.24) is 9.78 Å². The summed E-state index contributed by atoms with van der Waals surface area (Å²) in [7, 11) is 3.55. The Morgan fingerprint density at radius 2 is 1.89 bits per heavy atom. The van der Waals surface area contributed by atoms with E-state index >= 15 is 0 Å². The summed E-state index contributed by atoms with van der Waals surface area (Å²) in [6.45, 7) is 4.08. The van der Waals surface area contributed by atoms with Crippen LogP contribution in [-0.4, -0.2) is 16.9 Å². The van der Waals surface area contributed by atoms with Gasteiger partial charge in [0.1, 0.15) is 5.82 Å². The fourth-order valence-corrected chi connectivity index (χ4v) is 2.01. The van der Waals surface area contributed by atoms with E-state index < -0.39 is 0 Å². The molecule has 18 heavy (non-hydrogen) atoms. The average molecular weight is 245 g/mol. The van der Waals surface area contributed by atoms with E-state index in [-0.39, 0.29) is 5.60 Å². The van der Waals surface area contributed by atoms with Gasteiger partial charge in [-0.15, -0.1) is 0 Å². The third-order valence-corrected chi connectivity index (χ3v) is 3.36. The summed E-state index contributed by atoms with van der Waals surface area (Å²) >= 11 is 0. The minimum atomic E-state index is -0.362. The van der Waals surface area contributed by atoms with E-state index in [9.17, 15) is 0 Å². The number of nitrogens with zero attached hydrogens (tertiary/aromatic N) is 2. The van der Waals surface area contributed by atoms with Crippen molar-refractivity contribution in [2.75, 3.05) is 12.8 Å². The van der Waals surface area contributed by atoms with Crippen molar-refractivity contribution in [2.45, 2.75) is 19.4 Å². The van der Waals surface area contributed by atoms with Crippen molar-refractivity contribution in [3.8, 4) is 11.1 Å². The van der Waals surface area contributed by atoms with Gasteiger partial charge in [0.15, 0.2) is 0 Å². The van der Waals surface area contributed by atoms with E-state index in [0.717, 1.165) is 16.7 Å². The number of aryl methyl sites for hydroxylation is 1. The second-order valence-electron chi connectivity index (χ2n) is 4.83. The lowest BCUT2D eigenvalue weighted by Gasteiger charge is -2.26. The largest absolute Gasteiger partial charge is 0.383 e. The molecule has 0 spiro atoms. The van der Waals surface area contributed by atoms with Gasteiger partial charge >= 0.3 is 0 Å². The van der Waals surface area contributed by atoms with Gasteiger partial charge in [-0.25, -0.2) is 0 Å². The van der Waals surface area contributed by atoms with Crippen molar-refractivity contribution in [3.63, 3.8) is 0 Å². The zero-order valence-electron chi connectivity index (χ0n) is 11.3. The van der Waals surface area contributed by atoms with Crippen LogP contribution in [0.5, 0.6) is 0 Å². The monoisotopic (exact) mass is 245 g/mol. The molecular weight excluding hydrogens is 226 g/mol. The molecule has 0 fully saturated rings. The minimum Gasteiger partial charge on any atom is -0.383 e. The molecule has 4 nitrogen and oxygen atoms in total. The molecule has 1 aromatic carbocycles. The number of hydrogen-bond donors (Lipinski definition) is 1. The molecule has 4 heteroatoms. The highest BCUT2D eigenvalue weighted by Gasteiger charge is 2.24. The van der Waals surface area contributed by atoms with Crippen LogP contribution in [0.2, 0.25) is 0 Å². The first-order valence-corrected chi connectivity index (χ1v) is 5.90. The number of anilines is 1. The highest BCUT2D eigenvalue weighted by molar-refractivity contribution is 5.76. The lowest BCUT2D eigenvalue weighted by Crippen LogP contribution is -2.20. The first kappa shape index (κ1) is 12.6. The number of methoxy groups -OCH3 is 1. The standard InChI is InChI=1S/C14H19N3O/c1-14(2,18-4)12-8-6-5-7-10(12)11-9-16-17(3)13(11)15/h5-9H,15H2,1-4H3. The van der Waals surface area contributed by atoms with E-state index in [1.165, 1.54) is 0 Å². The molecule has 0 unspecified atom stereocenters. The van der Waals surface area contributed by atoms with Crippen LogP contribution in [0, 0.1) is 0 Å². The second-order valence-corrected chi connectivity index (χ2v) is 4.83. The Labute approximate surface area is 107 Å². The van der Waals surface area contributed by atoms with Crippen LogP contribution in [0.1, 0.15) is 19.4 Å². The van der Waals surface area contributed by atoms with Gasteiger partial charge in [0.2, 0.25) is 0 Å². The Bertz CT molecular complexity index is 558. The predicted octanol–water partition coefficient (Wildman–Crippen LogP) is 2.55. The molecular formula is C14H19N3O.